The molecule has 2 aromatic heterocycles. The molecule has 1 saturated heterocycles. The molecule has 1 fully saturated rings. The van der Waals surface area contributed by atoms with Gasteiger partial charge < -0.3 is 15.5 Å². The largest absolute Gasteiger partial charge is 0.367 e. The third-order valence-electron chi connectivity index (χ3n) is 4.50. The van der Waals surface area contributed by atoms with E-state index in [1.807, 2.05) is 6.07 Å². The Kier molecular flexibility index (Phi) is 5.36. The molecule has 0 bridgehead atoms. The standard InChI is InChI=1S/C19H28N6O/c1-13-9-14(24-16(26)10-23-19(2,3)4)12-25(11-13)15-5-6-21-18-17(15)20-7-8-22-18/h5-8,13-14,23H,9-12H2,1-4H3,(H,24,26)/t13-,14+/m0/s1. The fourth-order valence-corrected chi connectivity index (χ4v) is 3.40. The van der Waals surface area contributed by atoms with E-state index < -0.39 is 0 Å². The number of piperidine rings is 1. The van der Waals surface area contributed by atoms with Gasteiger partial charge in [-0.3, -0.25) is 4.79 Å². The van der Waals surface area contributed by atoms with Crippen LogP contribution < -0.4 is 15.5 Å². The van der Waals surface area contributed by atoms with Gasteiger partial charge >= 0.3 is 0 Å². The van der Waals surface area contributed by atoms with Crippen molar-refractivity contribution >= 4 is 22.8 Å². The van der Waals surface area contributed by atoms with Crippen LogP contribution in [0.25, 0.3) is 11.2 Å². The second kappa shape index (κ2) is 7.53. The zero-order valence-corrected chi connectivity index (χ0v) is 16.0. The molecule has 7 nitrogen and oxygen atoms in total. The molecular weight excluding hydrogens is 328 g/mol. The van der Waals surface area contributed by atoms with E-state index in [0.29, 0.717) is 18.1 Å². The number of aromatic nitrogens is 3. The summed E-state index contributed by atoms with van der Waals surface area (Å²) in [5.74, 6) is 0.517. The number of amides is 1. The summed E-state index contributed by atoms with van der Waals surface area (Å²) >= 11 is 0. The Labute approximate surface area is 154 Å². The lowest BCUT2D eigenvalue weighted by Crippen LogP contribution is -2.53. The van der Waals surface area contributed by atoms with Crippen molar-refractivity contribution in [1.29, 1.82) is 0 Å². The topological polar surface area (TPSA) is 83.0 Å². The van der Waals surface area contributed by atoms with Crippen LogP contribution in [0.1, 0.15) is 34.1 Å². The number of anilines is 1. The Morgan fingerprint density at radius 1 is 1.19 bits per heavy atom. The van der Waals surface area contributed by atoms with Gasteiger partial charge in [-0.05, 0) is 39.2 Å². The SMILES string of the molecule is C[C@H]1C[C@@H](NC(=O)CNC(C)(C)C)CN(c2ccnc3nccnc23)C1. The summed E-state index contributed by atoms with van der Waals surface area (Å²) in [6, 6.07) is 2.10. The maximum absolute atomic E-state index is 12.3. The van der Waals surface area contributed by atoms with Crippen LogP contribution in [0.15, 0.2) is 24.7 Å². The summed E-state index contributed by atoms with van der Waals surface area (Å²) in [4.78, 5) is 27.6. The van der Waals surface area contributed by atoms with E-state index in [0.717, 1.165) is 30.7 Å². The summed E-state index contributed by atoms with van der Waals surface area (Å²) in [6.45, 7) is 10.4. The second-order valence-electron chi connectivity index (χ2n) is 8.17. The van der Waals surface area contributed by atoms with E-state index in [9.17, 15) is 4.79 Å². The van der Waals surface area contributed by atoms with Crippen molar-refractivity contribution < 1.29 is 4.79 Å². The van der Waals surface area contributed by atoms with Gasteiger partial charge in [0.15, 0.2) is 5.65 Å². The highest BCUT2D eigenvalue weighted by atomic mass is 16.2. The molecule has 2 aromatic rings. The van der Waals surface area contributed by atoms with Crippen LogP contribution in [-0.4, -0.2) is 52.1 Å². The van der Waals surface area contributed by atoms with Gasteiger partial charge in [-0.25, -0.2) is 15.0 Å². The van der Waals surface area contributed by atoms with Gasteiger partial charge in [0, 0.05) is 43.3 Å². The van der Waals surface area contributed by atoms with Crippen molar-refractivity contribution in [2.24, 2.45) is 5.92 Å². The summed E-state index contributed by atoms with van der Waals surface area (Å²) in [5, 5.41) is 6.41. The number of fused-ring (bicyclic) bond motifs is 1. The molecule has 1 aliphatic rings. The number of carbonyl (C=O) groups is 1. The molecule has 0 spiro atoms. The van der Waals surface area contributed by atoms with Crippen molar-refractivity contribution in [3.8, 4) is 0 Å². The van der Waals surface area contributed by atoms with E-state index >= 15 is 0 Å². The minimum absolute atomic E-state index is 0.0401. The zero-order valence-electron chi connectivity index (χ0n) is 16.0. The highest BCUT2D eigenvalue weighted by molar-refractivity contribution is 5.85. The third-order valence-corrected chi connectivity index (χ3v) is 4.50. The number of rotatable bonds is 4. The molecule has 3 rings (SSSR count). The summed E-state index contributed by atoms with van der Waals surface area (Å²) in [5.41, 5.74) is 2.42. The van der Waals surface area contributed by atoms with Crippen LogP contribution in [0, 0.1) is 5.92 Å². The predicted octanol–water partition coefficient (Wildman–Crippen LogP) is 1.74. The molecule has 3 heterocycles. The molecule has 0 radical (unpaired) electrons. The first-order valence-corrected chi connectivity index (χ1v) is 9.17. The molecular formula is C19H28N6O. The molecule has 1 amide bonds. The van der Waals surface area contributed by atoms with E-state index in [1.54, 1.807) is 18.6 Å². The quantitative estimate of drug-likeness (QED) is 0.868. The van der Waals surface area contributed by atoms with Crippen LogP contribution in [0.2, 0.25) is 0 Å². The lowest BCUT2D eigenvalue weighted by Gasteiger charge is -2.38. The van der Waals surface area contributed by atoms with Crippen LogP contribution in [0.4, 0.5) is 5.69 Å². The van der Waals surface area contributed by atoms with E-state index in [-0.39, 0.29) is 17.5 Å². The van der Waals surface area contributed by atoms with Gasteiger partial charge in [-0.1, -0.05) is 6.92 Å². The number of carbonyl (C=O) groups excluding carboxylic acids is 1. The Hall–Kier alpha value is -2.28. The maximum Gasteiger partial charge on any atom is 0.234 e. The first kappa shape index (κ1) is 18.5. The fraction of sp³-hybridized carbons (Fsp3) is 0.579. The van der Waals surface area contributed by atoms with Crippen molar-refractivity contribution in [1.82, 2.24) is 25.6 Å². The number of hydrogen-bond donors (Lipinski definition) is 2. The number of hydrogen-bond acceptors (Lipinski definition) is 6. The normalized spacial score (nSPS) is 21.0. The molecule has 0 saturated carbocycles. The van der Waals surface area contributed by atoms with Crippen molar-refractivity contribution in [2.45, 2.75) is 45.7 Å². The van der Waals surface area contributed by atoms with Crippen LogP contribution in [0.5, 0.6) is 0 Å². The van der Waals surface area contributed by atoms with Crippen LogP contribution in [0.3, 0.4) is 0 Å². The maximum atomic E-state index is 12.3. The highest BCUT2D eigenvalue weighted by Crippen LogP contribution is 2.27. The van der Waals surface area contributed by atoms with Crippen molar-refractivity contribution in [2.75, 3.05) is 24.5 Å². The molecule has 140 valence electrons. The van der Waals surface area contributed by atoms with E-state index in [4.69, 9.17) is 0 Å². The van der Waals surface area contributed by atoms with Gasteiger partial charge in [0.25, 0.3) is 0 Å². The second-order valence-corrected chi connectivity index (χ2v) is 8.17. The van der Waals surface area contributed by atoms with E-state index in [1.165, 1.54) is 0 Å². The van der Waals surface area contributed by atoms with Gasteiger partial charge in [0.05, 0.1) is 12.2 Å². The molecule has 2 atom stereocenters. The third kappa shape index (κ3) is 4.66. The fourth-order valence-electron chi connectivity index (χ4n) is 3.40. The highest BCUT2D eigenvalue weighted by Gasteiger charge is 2.27. The Balaban J connectivity index is 1.71. The molecule has 0 aliphatic carbocycles. The van der Waals surface area contributed by atoms with Crippen LogP contribution in [-0.2, 0) is 4.79 Å². The Morgan fingerprint density at radius 3 is 2.69 bits per heavy atom. The summed E-state index contributed by atoms with van der Waals surface area (Å²) in [6.07, 6.45) is 6.10. The number of nitrogens with zero attached hydrogens (tertiary/aromatic N) is 4. The average Bonchev–Trinajstić information content (AvgIpc) is 2.58. The van der Waals surface area contributed by atoms with Crippen LogP contribution >= 0.6 is 0 Å². The minimum Gasteiger partial charge on any atom is -0.367 e. The molecule has 0 unspecified atom stereocenters. The number of pyridine rings is 1. The Morgan fingerprint density at radius 2 is 1.92 bits per heavy atom. The summed E-state index contributed by atoms with van der Waals surface area (Å²) < 4.78 is 0. The number of nitrogens with one attached hydrogen (secondary N) is 2. The first-order chi connectivity index (χ1) is 12.3. The predicted molar refractivity (Wildman–Crippen MR) is 103 cm³/mol. The monoisotopic (exact) mass is 356 g/mol. The van der Waals surface area contributed by atoms with E-state index in [2.05, 4.69) is 58.2 Å². The van der Waals surface area contributed by atoms with Gasteiger partial charge in [-0.2, -0.15) is 0 Å². The van der Waals surface area contributed by atoms with Crippen molar-refractivity contribution in [3.63, 3.8) is 0 Å². The van der Waals surface area contributed by atoms with Gasteiger partial charge in [-0.15, -0.1) is 0 Å². The molecule has 2 N–H and O–H groups in total. The molecule has 26 heavy (non-hydrogen) atoms. The van der Waals surface area contributed by atoms with Gasteiger partial charge in [0.2, 0.25) is 5.91 Å². The van der Waals surface area contributed by atoms with Gasteiger partial charge in [0.1, 0.15) is 5.52 Å². The smallest absolute Gasteiger partial charge is 0.234 e. The summed E-state index contributed by atoms with van der Waals surface area (Å²) in [7, 11) is 0. The lowest BCUT2D eigenvalue weighted by molar-refractivity contribution is -0.121. The first-order valence-electron chi connectivity index (χ1n) is 9.17. The Bertz CT molecular complexity index is 767. The average molecular weight is 356 g/mol. The molecule has 0 aromatic carbocycles. The molecule has 7 heteroatoms. The zero-order chi connectivity index (χ0) is 18.7. The molecule has 1 aliphatic heterocycles. The minimum atomic E-state index is -0.0716. The van der Waals surface area contributed by atoms with Crippen molar-refractivity contribution in [3.05, 3.63) is 24.7 Å². The lowest BCUT2D eigenvalue weighted by atomic mass is 9.95.